The van der Waals surface area contributed by atoms with Crippen LogP contribution in [-0.2, 0) is 11.3 Å². The minimum atomic E-state index is -0.529. The van der Waals surface area contributed by atoms with Crippen LogP contribution in [-0.4, -0.2) is 37.1 Å². The van der Waals surface area contributed by atoms with Crippen LogP contribution in [0, 0.1) is 6.92 Å². The molecule has 0 saturated carbocycles. The third kappa shape index (κ3) is 3.53. The van der Waals surface area contributed by atoms with Crippen LogP contribution in [0.15, 0.2) is 42.5 Å². The summed E-state index contributed by atoms with van der Waals surface area (Å²) >= 11 is 0. The zero-order valence-corrected chi connectivity index (χ0v) is 15.8. The van der Waals surface area contributed by atoms with Crippen molar-refractivity contribution >= 4 is 11.6 Å². The molecule has 3 rings (SSSR count). The molecule has 1 N–H and O–H groups in total. The molecule has 5 heteroatoms. The molecule has 0 spiro atoms. The second-order valence-corrected chi connectivity index (χ2v) is 6.95. The highest BCUT2D eigenvalue weighted by atomic mass is 16.5. The van der Waals surface area contributed by atoms with Gasteiger partial charge in [0.1, 0.15) is 11.5 Å². The van der Waals surface area contributed by atoms with E-state index in [0.717, 1.165) is 19.5 Å². The summed E-state index contributed by atoms with van der Waals surface area (Å²) < 4.78 is 10.6. The summed E-state index contributed by atoms with van der Waals surface area (Å²) in [4.78, 5) is 15.2. The Labute approximate surface area is 154 Å². The molecule has 0 radical (unpaired) electrons. The third-order valence-corrected chi connectivity index (χ3v) is 5.20. The molecule has 2 aromatic rings. The predicted molar refractivity (Wildman–Crippen MR) is 103 cm³/mol. The van der Waals surface area contributed by atoms with E-state index in [1.807, 2.05) is 13.0 Å². The first-order chi connectivity index (χ1) is 12.5. The average Bonchev–Trinajstić information content (AvgIpc) is 2.65. The van der Waals surface area contributed by atoms with Crippen LogP contribution in [0.4, 0.5) is 5.69 Å². The summed E-state index contributed by atoms with van der Waals surface area (Å²) in [7, 11) is 3.19. The van der Waals surface area contributed by atoms with Crippen molar-refractivity contribution < 1.29 is 14.3 Å². The van der Waals surface area contributed by atoms with Crippen LogP contribution in [0.2, 0.25) is 0 Å². The summed E-state index contributed by atoms with van der Waals surface area (Å²) in [6, 6.07) is 13.8. The van der Waals surface area contributed by atoms with Crippen LogP contribution in [0.3, 0.4) is 0 Å². The molecule has 138 valence electrons. The van der Waals surface area contributed by atoms with Crippen molar-refractivity contribution in [2.75, 3.05) is 26.1 Å². The molecule has 0 aliphatic carbocycles. The summed E-state index contributed by atoms with van der Waals surface area (Å²) in [5.74, 6) is 1.27. The molecule has 0 bridgehead atoms. The minimum Gasteiger partial charge on any atom is -0.497 e. The maximum Gasteiger partial charge on any atom is 0.244 e. The van der Waals surface area contributed by atoms with Gasteiger partial charge in [0.2, 0.25) is 5.91 Å². The van der Waals surface area contributed by atoms with Gasteiger partial charge in [-0.3, -0.25) is 9.69 Å². The highest BCUT2D eigenvalue weighted by molar-refractivity contribution is 5.99. The third-order valence-electron chi connectivity index (χ3n) is 5.20. The summed E-state index contributed by atoms with van der Waals surface area (Å²) in [5.41, 5.74) is 2.55. The standard InChI is InChI=1S/C21H26N2O3/c1-15-5-7-16(8-6-15)14-23-12-11-21(23,2)20(24)22-18-13-17(25-3)9-10-19(18)26-4/h5-10,13H,11-12,14H2,1-4H3,(H,22,24). The highest BCUT2D eigenvalue weighted by Gasteiger charge is 2.46. The number of carbonyl (C=O) groups is 1. The average molecular weight is 354 g/mol. The smallest absolute Gasteiger partial charge is 0.244 e. The van der Waals surface area contributed by atoms with Gasteiger partial charge in [-0.15, -0.1) is 0 Å². The van der Waals surface area contributed by atoms with Crippen LogP contribution in [0.25, 0.3) is 0 Å². The van der Waals surface area contributed by atoms with E-state index < -0.39 is 5.54 Å². The summed E-state index contributed by atoms with van der Waals surface area (Å²) in [6.45, 7) is 5.74. The van der Waals surface area contributed by atoms with Crippen LogP contribution in [0.1, 0.15) is 24.5 Å². The second kappa shape index (κ2) is 7.38. The number of nitrogens with one attached hydrogen (secondary N) is 1. The zero-order valence-electron chi connectivity index (χ0n) is 15.8. The number of carbonyl (C=O) groups excluding carboxylic acids is 1. The molecule has 1 unspecified atom stereocenters. The number of methoxy groups -OCH3 is 2. The normalized spacial score (nSPS) is 19.5. The predicted octanol–water partition coefficient (Wildman–Crippen LogP) is 3.62. The first-order valence-corrected chi connectivity index (χ1v) is 8.80. The van der Waals surface area contributed by atoms with Crippen molar-refractivity contribution in [2.45, 2.75) is 32.4 Å². The molecule has 2 aromatic carbocycles. The number of nitrogens with zero attached hydrogens (tertiary/aromatic N) is 1. The first kappa shape index (κ1) is 18.3. The van der Waals surface area contributed by atoms with E-state index >= 15 is 0 Å². The van der Waals surface area contributed by atoms with E-state index in [4.69, 9.17) is 9.47 Å². The molecule has 1 fully saturated rings. The van der Waals surface area contributed by atoms with Crippen molar-refractivity contribution in [1.82, 2.24) is 4.90 Å². The van der Waals surface area contributed by atoms with Crippen molar-refractivity contribution in [3.05, 3.63) is 53.6 Å². The van der Waals surface area contributed by atoms with Gasteiger partial charge in [-0.25, -0.2) is 0 Å². The van der Waals surface area contributed by atoms with E-state index in [1.54, 1.807) is 26.4 Å². The number of hydrogen-bond donors (Lipinski definition) is 1. The quantitative estimate of drug-likeness (QED) is 0.861. The van der Waals surface area contributed by atoms with E-state index in [-0.39, 0.29) is 5.91 Å². The summed E-state index contributed by atoms with van der Waals surface area (Å²) in [6.07, 6.45) is 0.830. The number of ether oxygens (including phenoxy) is 2. The Morgan fingerprint density at radius 1 is 1.15 bits per heavy atom. The molecular weight excluding hydrogens is 328 g/mol. The largest absolute Gasteiger partial charge is 0.497 e. The van der Waals surface area contributed by atoms with Gasteiger partial charge in [0, 0.05) is 19.2 Å². The Hall–Kier alpha value is -2.53. The number of hydrogen-bond acceptors (Lipinski definition) is 4. The number of amides is 1. The Kier molecular flexibility index (Phi) is 5.18. The molecule has 1 amide bonds. The monoisotopic (exact) mass is 354 g/mol. The number of benzene rings is 2. The molecule has 0 aromatic heterocycles. The number of likely N-dealkylation sites (tertiary alicyclic amines) is 1. The van der Waals surface area contributed by atoms with Crippen LogP contribution >= 0.6 is 0 Å². The van der Waals surface area contributed by atoms with Gasteiger partial charge in [-0.05, 0) is 38.0 Å². The van der Waals surface area contributed by atoms with E-state index in [1.165, 1.54) is 11.1 Å². The van der Waals surface area contributed by atoms with E-state index in [2.05, 4.69) is 41.4 Å². The molecule has 1 aliphatic heterocycles. The lowest BCUT2D eigenvalue weighted by Crippen LogP contribution is -2.63. The van der Waals surface area contributed by atoms with E-state index in [9.17, 15) is 4.79 Å². The van der Waals surface area contributed by atoms with Gasteiger partial charge >= 0.3 is 0 Å². The topological polar surface area (TPSA) is 50.8 Å². The second-order valence-electron chi connectivity index (χ2n) is 6.95. The van der Waals surface area contributed by atoms with Gasteiger partial charge in [0.05, 0.1) is 25.4 Å². The molecule has 1 saturated heterocycles. The Morgan fingerprint density at radius 2 is 1.88 bits per heavy atom. The number of rotatable bonds is 6. The Balaban J connectivity index is 1.73. The number of anilines is 1. The van der Waals surface area contributed by atoms with Crippen molar-refractivity contribution in [1.29, 1.82) is 0 Å². The van der Waals surface area contributed by atoms with Crippen molar-refractivity contribution in [3.63, 3.8) is 0 Å². The zero-order chi connectivity index (χ0) is 18.7. The molecule has 1 atom stereocenters. The lowest BCUT2D eigenvalue weighted by atomic mass is 9.85. The molecule has 5 nitrogen and oxygen atoms in total. The number of aryl methyl sites for hydroxylation is 1. The van der Waals surface area contributed by atoms with Gasteiger partial charge in [0.25, 0.3) is 0 Å². The SMILES string of the molecule is COc1ccc(OC)c(NC(=O)C2(C)CCN2Cc2ccc(C)cc2)c1. The maximum atomic E-state index is 13.0. The summed E-state index contributed by atoms with van der Waals surface area (Å²) in [5, 5.41) is 3.02. The fourth-order valence-electron chi connectivity index (χ4n) is 3.20. The molecule has 1 heterocycles. The first-order valence-electron chi connectivity index (χ1n) is 8.80. The van der Waals surface area contributed by atoms with Gasteiger partial charge in [-0.1, -0.05) is 29.8 Å². The van der Waals surface area contributed by atoms with Crippen LogP contribution in [0.5, 0.6) is 11.5 Å². The fourth-order valence-corrected chi connectivity index (χ4v) is 3.20. The van der Waals surface area contributed by atoms with Crippen LogP contribution < -0.4 is 14.8 Å². The maximum absolute atomic E-state index is 13.0. The van der Waals surface area contributed by atoms with Gasteiger partial charge in [0.15, 0.2) is 0 Å². The molecule has 1 aliphatic rings. The fraction of sp³-hybridized carbons (Fsp3) is 0.381. The molecular formula is C21H26N2O3. The lowest BCUT2D eigenvalue weighted by Gasteiger charge is -2.49. The van der Waals surface area contributed by atoms with Gasteiger partial charge < -0.3 is 14.8 Å². The highest BCUT2D eigenvalue weighted by Crippen LogP contribution is 2.35. The molecule has 26 heavy (non-hydrogen) atoms. The Bertz CT molecular complexity index is 788. The minimum absolute atomic E-state index is 0.0255. The van der Waals surface area contributed by atoms with Gasteiger partial charge in [-0.2, -0.15) is 0 Å². The van der Waals surface area contributed by atoms with Crippen molar-refractivity contribution in [3.8, 4) is 11.5 Å². The Morgan fingerprint density at radius 3 is 2.46 bits per heavy atom. The van der Waals surface area contributed by atoms with E-state index in [0.29, 0.717) is 17.2 Å². The lowest BCUT2D eigenvalue weighted by molar-refractivity contribution is -0.136. The van der Waals surface area contributed by atoms with Crippen molar-refractivity contribution in [2.24, 2.45) is 0 Å².